The maximum absolute atomic E-state index is 10.8. The van der Waals surface area contributed by atoms with Crippen LogP contribution in [0.15, 0.2) is 30.3 Å². The van der Waals surface area contributed by atoms with Gasteiger partial charge in [-0.1, -0.05) is 0 Å². The van der Waals surface area contributed by atoms with E-state index in [0.717, 1.165) is 21.8 Å². The van der Waals surface area contributed by atoms with Crippen LogP contribution in [-0.2, 0) is 0 Å². The third kappa shape index (κ3) is 2.31. The van der Waals surface area contributed by atoms with Gasteiger partial charge in [0, 0.05) is 4.88 Å². The van der Waals surface area contributed by atoms with E-state index in [1.165, 1.54) is 11.3 Å². The molecule has 3 nitrogen and oxygen atoms in total. The van der Waals surface area contributed by atoms with Crippen LogP contribution in [0.5, 0.6) is 5.75 Å². The molecule has 0 aliphatic carbocycles. The Bertz CT molecular complexity index is 558. The minimum atomic E-state index is -0.883. The molecule has 88 valence electrons. The molecule has 0 unspecified atom stereocenters. The number of thiophene rings is 1. The average Bonchev–Trinajstić information content (AvgIpc) is 2.78. The molecule has 4 heteroatoms. The lowest BCUT2D eigenvalue weighted by Gasteiger charge is -2.05. The second kappa shape index (κ2) is 4.59. The molecule has 0 saturated heterocycles. The SMILES string of the molecule is COc1ccc(-c2ccc(C(=O)O)s2)cc1C. The zero-order valence-corrected chi connectivity index (χ0v) is 10.4. The molecule has 0 aliphatic heterocycles. The van der Waals surface area contributed by atoms with Crippen LogP contribution in [-0.4, -0.2) is 18.2 Å². The highest BCUT2D eigenvalue weighted by atomic mass is 32.1. The van der Waals surface area contributed by atoms with Crippen LogP contribution in [0.25, 0.3) is 10.4 Å². The fraction of sp³-hybridized carbons (Fsp3) is 0.154. The van der Waals surface area contributed by atoms with Gasteiger partial charge in [0.2, 0.25) is 0 Å². The van der Waals surface area contributed by atoms with Gasteiger partial charge < -0.3 is 9.84 Å². The lowest BCUT2D eigenvalue weighted by atomic mass is 10.1. The van der Waals surface area contributed by atoms with Gasteiger partial charge in [-0.15, -0.1) is 11.3 Å². The van der Waals surface area contributed by atoms with Crippen LogP contribution in [0.1, 0.15) is 15.2 Å². The highest BCUT2D eigenvalue weighted by molar-refractivity contribution is 7.17. The van der Waals surface area contributed by atoms with Crippen molar-refractivity contribution in [2.24, 2.45) is 0 Å². The first-order valence-electron chi connectivity index (χ1n) is 5.10. The van der Waals surface area contributed by atoms with Crippen molar-refractivity contribution >= 4 is 17.3 Å². The lowest BCUT2D eigenvalue weighted by molar-refractivity contribution is 0.0702. The molecule has 2 aromatic rings. The molecular weight excluding hydrogens is 236 g/mol. The van der Waals surface area contributed by atoms with Gasteiger partial charge in [-0.25, -0.2) is 4.79 Å². The first kappa shape index (κ1) is 11.7. The second-order valence-electron chi connectivity index (χ2n) is 3.65. The van der Waals surface area contributed by atoms with Crippen LogP contribution >= 0.6 is 11.3 Å². The van der Waals surface area contributed by atoms with E-state index in [-0.39, 0.29) is 0 Å². The van der Waals surface area contributed by atoms with Crippen molar-refractivity contribution in [3.05, 3.63) is 40.8 Å². The van der Waals surface area contributed by atoms with E-state index < -0.39 is 5.97 Å². The molecule has 0 radical (unpaired) electrons. The summed E-state index contributed by atoms with van der Waals surface area (Å²) >= 11 is 1.28. The van der Waals surface area contributed by atoms with Gasteiger partial charge >= 0.3 is 5.97 Å². The minimum absolute atomic E-state index is 0.355. The van der Waals surface area contributed by atoms with Crippen LogP contribution in [0.4, 0.5) is 0 Å². The van der Waals surface area contributed by atoms with E-state index in [1.807, 2.05) is 31.2 Å². The summed E-state index contributed by atoms with van der Waals surface area (Å²) in [6, 6.07) is 9.28. The number of hydrogen-bond acceptors (Lipinski definition) is 3. The highest BCUT2D eigenvalue weighted by Gasteiger charge is 2.09. The summed E-state index contributed by atoms with van der Waals surface area (Å²) in [6.07, 6.45) is 0. The van der Waals surface area contributed by atoms with Crippen molar-refractivity contribution in [2.75, 3.05) is 7.11 Å². The number of benzene rings is 1. The fourth-order valence-electron chi connectivity index (χ4n) is 1.64. The summed E-state index contributed by atoms with van der Waals surface area (Å²) in [6.45, 7) is 1.97. The molecule has 1 aromatic carbocycles. The molecule has 1 aromatic heterocycles. The maximum Gasteiger partial charge on any atom is 0.345 e. The Morgan fingerprint density at radius 1 is 1.29 bits per heavy atom. The van der Waals surface area contributed by atoms with Crippen molar-refractivity contribution in [1.82, 2.24) is 0 Å². The number of carboxylic acid groups (broad SMARTS) is 1. The van der Waals surface area contributed by atoms with Crippen molar-refractivity contribution in [3.8, 4) is 16.2 Å². The van der Waals surface area contributed by atoms with E-state index >= 15 is 0 Å². The predicted molar refractivity (Wildman–Crippen MR) is 68.0 cm³/mol. The lowest BCUT2D eigenvalue weighted by Crippen LogP contribution is -1.89. The summed E-state index contributed by atoms with van der Waals surface area (Å²) in [5.41, 5.74) is 2.05. The quantitative estimate of drug-likeness (QED) is 0.905. The predicted octanol–water partition coefficient (Wildman–Crippen LogP) is 3.43. The van der Waals surface area contributed by atoms with Crippen molar-refractivity contribution in [1.29, 1.82) is 0 Å². The summed E-state index contributed by atoms with van der Waals surface area (Å²) in [5.74, 6) is -0.0461. The maximum atomic E-state index is 10.8. The zero-order chi connectivity index (χ0) is 12.4. The third-order valence-corrected chi connectivity index (χ3v) is 3.62. The molecule has 0 fully saturated rings. The molecule has 0 bridgehead atoms. The Kier molecular flexibility index (Phi) is 3.15. The normalized spacial score (nSPS) is 10.2. The van der Waals surface area contributed by atoms with Crippen molar-refractivity contribution < 1.29 is 14.6 Å². The van der Waals surface area contributed by atoms with Crippen LogP contribution in [0, 0.1) is 6.92 Å². The summed E-state index contributed by atoms with van der Waals surface area (Å²) < 4.78 is 5.19. The number of methoxy groups -OCH3 is 1. The van der Waals surface area contributed by atoms with Crippen LogP contribution < -0.4 is 4.74 Å². The smallest absolute Gasteiger partial charge is 0.345 e. The molecule has 0 amide bonds. The Morgan fingerprint density at radius 3 is 2.59 bits per heavy atom. The van der Waals surface area contributed by atoms with Crippen LogP contribution in [0.3, 0.4) is 0 Å². The van der Waals surface area contributed by atoms with Crippen molar-refractivity contribution in [3.63, 3.8) is 0 Å². The van der Waals surface area contributed by atoms with Gasteiger partial charge in [0.25, 0.3) is 0 Å². The average molecular weight is 248 g/mol. The van der Waals surface area contributed by atoms with E-state index in [9.17, 15) is 4.79 Å². The number of aryl methyl sites for hydroxylation is 1. The van der Waals surface area contributed by atoms with E-state index in [1.54, 1.807) is 13.2 Å². The van der Waals surface area contributed by atoms with Gasteiger partial charge in [-0.2, -0.15) is 0 Å². The second-order valence-corrected chi connectivity index (χ2v) is 4.74. The number of ether oxygens (including phenoxy) is 1. The molecule has 0 aliphatic rings. The van der Waals surface area contributed by atoms with Gasteiger partial charge in [0.15, 0.2) is 0 Å². The number of carboxylic acids is 1. The molecule has 2 rings (SSSR count). The van der Waals surface area contributed by atoms with Gasteiger partial charge in [0.1, 0.15) is 10.6 Å². The molecule has 0 atom stereocenters. The van der Waals surface area contributed by atoms with Crippen molar-refractivity contribution in [2.45, 2.75) is 6.92 Å². The Balaban J connectivity index is 2.39. The first-order valence-corrected chi connectivity index (χ1v) is 5.91. The summed E-state index contributed by atoms with van der Waals surface area (Å²) in [4.78, 5) is 12.1. The monoisotopic (exact) mass is 248 g/mol. The van der Waals surface area contributed by atoms with E-state index in [2.05, 4.69) is 0 Å². The minimum Gasteiger partial charge on any atom is -0.496 e. The molecule has 0 saturated carbocycles. The van der Waals surface area contributed by atoms with Gasteiger partial charge in [-0.3, -0.25) is 0 Å². The Hall–Kier alpha value is -1.81. The van der Waals surface area contributed by atoms with Gasteiger partial charge in [0.05, 0.1) is 7.11 Å². The Morgan fingerprint density at radius 2 is 2.06 bits per heavy atom. The number of carbonyl (C=O) groups is 1. The summed E-state index contributed by atoms with van der Waals surface area (Å²) in [5, 5.41) is 8.87. The zero-order valence-electron chi connectivity index (χ0n) is 9.56. The molecule has 1 heterocycles. The number of hydrogen-bond donors (Lipinski definition) is 1. The first-order chi connectivity index (χ1) is 8.11. The van der Waals surface area contributed by atoms with E-state index in [4.69, 9.17) is 9.84 Å². The fourth-order valence-corrected chi connectivity index (χ4v) is 2.48. The standard InChI is InChI=1S/C13H12O3S/c1-8-7-9(3-4-10(8)16-2)11-5-6-12(17-11)13(14)15/h3-7H,1-2H3,(H,14,15). The van der Waals surface area contributed by atoms with E-state index in [0.29, 0.717) is 4.88 Å². The largest absolute Gasteiger partial charge is 0.496 e. The summed E-state index contributed by atoms with van der Waals surface area (Å²) in [7, 11) is 1.63. The topological polar surface area (TPSA) is 46.5 Å². The molecule has 1 N–H and O–H groups in total. The third-order valence-electron chi connectivity index (χ3n) is 2.50. The number of rotatable bonds is 3. The molecular formula is C13H12O3S. The van der Waals surface area contributed by atoms with Gasteiger partial charge in [-0.05, 0) is 48.4 Å². The highest BCUT2D eigenvalue weighted by Crippen LogP contribution is 2.31. The Labute approximate surface area is 103 Å². The molecule has 17 heavy (non-hydrogen) atoms. The van der Waals surface area contributed by atoms with Crippen LogP contribution in [0.2, 0.25) is 0 Å². The molecule has 0 spiro atoms. The number of aromatic carboxylic acids is 1.